The third kappa shape index (κ3) is 3.68. The van der Waals surface area contributed by atoms with Crippen molar-refractivity contribution in [1.82, 2.24) is 14.1 Å². The second-order valence-corrected chi connectivity index (χ2v) is 7.95. The maximum atomic E-state index is 12.6. The second-order valence-electron chi connectivity index (χ2n) is 5.93. The predicted octanol–water partition coefficient (Wildman–Crippen LogP) is 0.692. The van der Waals surface area contributed by atoms with Gasteiger partial charge in [0, 0.05) is 38.5 Å². The van der Waals surface area contributed by atoms with E-state index in [-0.39, 0.29) is 18.0 Å². The summed E-state index contributed by atoms with van der Waals surface area (Å²) in [5.41, 5.74) is 0.913. The van der Waals surface area contributed by atoms with Crippen molar-refractivity contribution in [3.05, 3.63) is 18.0 Å². The van der Waals surface area contributed by atoms with Gasteiger partial charge in [-0.15, -0.1) is 0 Å². The fraction of sp³-hybridized carbons (Fsp3) is 0.786. The standard InChI is InChI=1S/C14H23N3O4S/c1-16-9-12(8-15-16)14-10-17(5-7-21-14)22(18,19)11-13-4-2-3-6-20-13/h8-9,13-14H,2-7,10-11H2,1H3/t13-,14-/m1/s1. The van der Waals surface area contributed by atoms with Gasteiger partial charge in [0.05, 0.1) is 30.8 Å². The number of aromatic nitrogens is 2. The van der Waals surface area contributed by atoms with Crippen LogP contribution in [0.1, 0.15) is 30.9 Å². The lowest BCUT2D eigenvalue weighted by Crippen LogP contribution is -2.45. The molecule has 1 aromatic rings. The molecule has 7 nitrogen and oxygen atoms in total. The van der Waals surface area contributed by atoms with Crippen molar-refractivity contribution in [3.63, 3.8) is 0 Å². The molecule has 1 aromatic heterocycles. The summed E-state index contributed by atoms with van der Waals surface area (Å²) >= 11 is 0. The highest BCUT2D eigenvalue weighted by Crippen LogP contribution is 2.24. The van der Waals surface area contributed by atoms with E-state index in [4.69, 9.17) is 9.47 Å². The molecule has 0 N–H and O–H groups in total. The molecule has 8 heteroatoms. The first-order valence-electron chi connectivity index (χ1n) is 7.74. The van der Waals surface area contributed by atoms with Gasteiger partial charge in [-0.2, -0.15) is 9.40 Å². The molecule has 124 valence electrons. The Balaban J connectivity index is 1.65. The van der Waals surface area contributed by atoms with E-state index < -0.39 is 10.0 Å². The summed E-state index contributed by atoms with van der Waals surface area (Å²) in [6, 6.07) is 0. The number of morpholine rings is 1. The molecule has 2 fully saturated rings. The molecular weight excluding hydrogens is 306 g/mol. The maximum absolute atomic E-state index is 12.6. The fourth-order valence-electron chi connectivity index (χ4n) is 2.97. The number of sulfonamides is 1. The lowest BCUT2D eigenvalue weighted by molar-refractivity contribution is -0.00425. The molecule has 0 aliphatic carbocycles. The summed E-state index contributed by atoms with van der Waals surface area (Å²) < 4.78 is 39.7. The molecule has 0 radical (unpaired) electrons. The van der Waals surface area contributed by atoms with Gasteiger partial charge in [-0.3, -0.25) is 4.68 Å². The van der Waals surface area contributed by atoms with Crippen LogP contribution in [-0.2, 0) is 26.5 Å². The minimum atomic E-state index is -3.32. The third-order valence-corrected chi connectivity index (χ3v) is 6.10. The number of aryl methyl sites for hydroxylation is 1. The number of hydrogen-bond acceptors (Lipinski definition) is 5. The van der Waals surface area contributed by atoms with E-state index in [2.05, 4.69) is 5.10 Å². The molecule has 2 atom stereocenters. The zero-order valence-electron chi connectivity index (χ0n) is 12.8. The lowest BCUT2D eigenvalue weighted by Gasteiger charge is -2.33. The summed E-state index contributed by atoms with van der Waals surface area (Å²) in [6.45, 7) is 1.83. The molecule has 0 saturated carbocycles. The highest BCUT2D eigenvalue weighted by atomic mass is 32.2. The molecule has 3 rings (SSSR count). The number of hydrogen-bond donors (Lipinski definition) is 0. The highest BCUT2D eigenvalue weighted by molar-refractivity contribution is 7.89. The van der Waals surface area contributed by atoms with Crippen molar-refractivity contribution in [1.29, 1.82) is 0 Å². The van der Waals surface area contributed by atoms with E-state index >= 15 is 0 Å². The van der Waals surface area contributed by atoms with Crippen molar-refractivity contribution < 1.29 is 17.9 Å². The average molecular weight is 329 g/mol. The molecule has 2 aliphatic rings. The molecule has 22 heavy (non-hydrogen) atoms. The van der Waals surface area contributed by atoms with Gasteiger partial charge in [-0.1, -0.05) is 0 Å². The Morgan fingerprint density at radius 3 is 2.86 bits per heavy atom. The molecule has 0 spiro atoms. The first-order chi connectivity index (χ1) is 10.5. The Hall–Kier alpha value is -0.960. The summed E-state index contributed by atoms with van der Waals surface area (Å²) in [5, 5.41) is 4.12. The molecule has 3 heterocycles. The van der Waals surface area contributed by atoms with Crippen LogP contribution in [0.5, 0.6) is 0 Å². The molecule has 2 saturated heterocycles. The quantitative estimate of drug-likeness (QED) is 0.813. The van der Waals surface area contributed by atoms with Crippen LogP contribution in [0.4, 0.5) is 0 Å². The average Bonchev–Trinajstić information content (AvgIpc) is 2.95. The van der Waals surface area contributed by atoms with Crippen molar-refractivity contribution in [2.45, 2.75) is 31.5 Å². The minimum absolute atomic E-state index is 0.0762. The van der Waals surface area contributed by atoms with Gasteiger partial charge < -0.3 is 9.47 Å². The van der Waals surface area contributed by atoms with Gasteiger partial charge in [0.2, 0.25) is 10.0 Å². The summed E-state index contributed by atoms with van der Waals surface area (Å²) in [4.78, 5) is 0. The topological polar surface area (TPSA) is 73.7 Å². The van der Waals surface area contributed by atoms with Crippen molar-refractivity contribution >= 4 is 10.0 Å². The Morgan fingerprint density at radius 2 is 2.18 bits per heavy atom. The zero-order chi connectivity index (χ0) is 15.6. The van der Waals surface area contributed by atoms with Gasteiger partial charge in [0.15, 0.2) is 0 Å². The van der Waals surface area contributed by atoms with Crippen molar-refractivity contribution in [2.75, 3.05) is 32.1 Å². The van der Waals surface area contributed by atoms with Crippen LogP contribution in [-0.4, -0.2) is 60.7 Å². The Bertz CT molecular complexity index is 595. The Labute approximate surface area is 131 Å². The molecule has 0 aromatic carbocycles. The molecule has 0 unspecified atom stereocenters. The zero-order valence-corrected chi connectivity index (χ0v) is 13.7. The highest BCUT2D eigenvalue weighted by Gasteiger charge is 2.33. The van der Waals surface area contributed by atoms with Crippen LogP contribution in [0, 0.1) is 0 Å². The normalized spacial score (nSPS) is 27.9. The van der Waals surface area contributed by atoms with E-state index in [1.54, 1.807) is 10.9 Å². The number of rotatable bonds is 4. The van der Waals surface area contributed by atoms with Crippen molar-refractivity contribution in [3.8, 4) is 0 Å². The van der Waals surface area contributed by atoms with Crippen LogP contribution < -0.4 is 0 Å². The molecule has 0 bridgehead atoms. The van der Waals surface area contributed by atoms with Gasteiger partial charge in [0.25, 0.3) is 0 Å². The lowest BCUT2D eigenvalue weighted by atomic mass is 10.1. The Kier molecular flexibility index (Phi) is 4.82. The maximum Gasteiger partial charge on any atom is 0.216 e. The minimum Gasteiger partial charge on any atom is -0.377 e. The van der Waals surface area contributed by atoms with E-state index in [9.17, 15) is 8.42 Å². The largest absolute Gasteiger partial charge is 0.377 e. The summed E-state index contributed by atoms with van der Waals surface area (Å²) in [6.07, 6.45) is 6.08. The van der Waals surface area contributed by atoms with E-state index in [1.165, 1.54) is 4.31 Å². The van der Waals surface area contributed by atoms with Crippen LogP contribution >= 0.6 is 0 Å². The van der Waals surface area contributed by atoms with E-state index in [1.807, 2.05) is 13.2 Å². The number of nitrogens with zero attached hydrogens (tertiary/aromatic N) is 3. The van der Waals surface area contributed by atoms with Crippen LogP contribution in [0.15, 0.2) is 12.4 Å². The van der Waals surface area contributed by atoms with E-state index in [0.29, 0.717) is 26.3 Å². The smallest absolute Gasteiger partial charge is 0.216 e. The monoisotopic (exact) mass is 329 g/mol. The van der Waals surface area contributed by atoms with Gasteiger partial charge in [-0.25, -0.2) is 8.42 Å². The predicted molar refractivity (Wildman–Crippen MR) is 80.9 cm³/mol. The van der Waals surface area contributed by atoms with Crippen molar-refractivity contribution in [2.24, 2.45) is 7.05 Å². The van der Waals surface area contributed by atoms with Gasteiger partial charge in [-0.05, 0) is 19.3 Å². The first-order valence-corrected chi connectivity index (χ1v) is 9.35. The fourth-order valence-corrected chi connectivity index (χ4v) is 4.62. The molecular formula is C14H23N3O4S. The summed E-state index contributed by atoms with van der Waals surface area (Å²) in [5.74, 6) is 0.0762. The summed E-state index contributed by atoms with van der Waals surface area (Å²) in [7, 11) is -1.48. The van der Waals surface area contributed by atoms with Crippen LogP contribution in [0.2, 0.25) is 0 Å². The van der Waals surface area contributed by atoms with Gasteiger partial charge >= 0.3 is 0 Å². The molecule has 0 amide bonds. The first kappa shape index (κ1) is 15.9. The molecule has 2 aliphatic heterocycles. The van der Waals surface area contributed by atoms with Crippen LogP contribution in [0.25, 0.3) is 0 Å². The second kappa shape index (κ2) is 6.66. The van der Waals surface area contributed by atoms with Gasteiger partial charge in [0.1, 0.15) is 0 Å². The number of ether oxygens (including phenoxy) is 2. The van der Waals surface area contributed by atoms with Crippen LogP contribution in [0.3, 0.4) is 0 Å². The SMILES string of the molecule is Cn1cc([C@H]2CN(S(=O)(=O)C[C@H]3CCCCO3)CCO2)cn1. The third-order valence-electron chi connectivity index (χ3n) is 4.19. The van der Waals surface area contributed by atoms with E-state index in [0.717, 1.165) is 24.8 Å². The Morgan fingerprint density at radius 1 is 1.32 bits per heavy atom.